The lowest BCUT2D eigenvalue weighted by Crippen LogP contribution is -1.66. The molecule has 0 atom stereocenters. The van der Waals surface area contributed by atoms with E-state index < -0.39 is 0 Å². The third kappa shape index (κ3) is 5.77. The molecular formula is C7H11Cl. The van der Waals surface area contributed by atoms with Gasteiger partial charge in [-0.2, -0.15) is 0 Å². The van der Waals surface area contributed by atoms with Gasteiger partial charge in [0.2, 0.25) is 0 Å². The summed E-state index contributed by atoms with van der Waals surface area (Å²) in [5, 5.41) is 0.739. The molecule has 0 aliphatic rings. The summed E-state index contributed by atoms with van der Waals surface area (Å²) in [4.78, 5) is 0. The Morgan fingerprint density at radius 1 is 1.75 bits per heavy atom. The van der Waals surface area contributed by atoms with Crippen molar-refractivity contribution >= 4 is 11.6 Å². The average Bonchev–Trinajstić information content (AvgIpc) is 1.66. The minimum Gasteiger partial charge on any atom is -0.0917 e. The quantitative estimate of drug-likeness (QED) is 0.515. The first kappa shape index (κ1) is 7.77. The summed E-state index contributed by atoms with van der Waals surface area (Å²) in [6.07, 6.45) is 6.00. The van der Waals surface area contributed by atoms with Gasteiger partial charge in [-0.15, -0.1) is 0 Å². The molecule has 0 aromatic heterocycles. The Morgan fingerprint density at radius 3 is 2.75 bits per heavy atom. The molecule has 0 heterocycles. The maximum atomic E-state index is 5.49. The van der Waals surface area contributed by atoms with Crippen molar-refractivity contribution in [2.75, 3.05) is 0 Å². The highest BCUT2D eigenvalue weighted by molar-refractivity contribution is 6.29. The van der Waals surface area contributed by atoms with Crippen LogP contribution >= 0.6 is 11.6 Å². The van der Waals surface area contributed by atoms with Crippen molar-refractivity contribution in [3.05, 3.63) is 23.8 Å². The third-order valence-corrected chi connectivity index (χ3v) is 1.01. The highest BCUT2D eigenvalue weighted by Gasteiger charge is 1.82. The van der Waals surface area contributed by atoms with Crippen molar-refractivity contribution in [2.45, 2.75) is 19.8 Å². The first-order chi connectivity index (χ1) is 3.77. The molecule has 1 heteroatoms. The number of allylic oxidation sites excluding steroid dienone is 3. The Balaban J connectivity index is 3.05. The number of hydrogen-bond donors (Lipinski definition) is 0. The number of hydrogen-bond acceptors (Lipinski definition) is 0. The first-order valence-corrected chi connectivity index (χ1v) is 3.09. The van der Waals surface area contributed by atoms with Gasteiger partial charge in [-0.05, 0) is 19.8 Å². The monoisotopic (exact) mass is 130 g/mol. The van der Waals surface area contributed by atoms with E-state index in [2.05, 4.69) is 12.7 Å². The molecule has 0 saturated carbocycles. The molecule has 0 radical (unpaired) electrons. The second kappa shape index (κ2) is 4.92. The van der Waals surface area contributed by atoms with Crippen LogP contribution in [0.3, 0.4) is 0 Å². The van der Waals surface area contributed by atoms with Crippen LogP contribution in [-0.2, 0) is 0 Å². The van der Waals surface area contributed by atoms with E-state index in [1.54, 1.807) is 0 Å². The summed E-state index contributed by atoms with van der Waals surface area (Å²) in [5.41, 5.74) is 0. The van der Waals surface area contributed by atoms with Gasteiger partial charge in [0.05, 0.1) is 0 Å². The smallest absolute Gasteiger partial charge is 0.0112 e. The molecule has 0 fully saturated rings. The third-order valence-electron chi connectivity index (χ3n) is 0.818. The Morgan fingerprint density at radius 2 is 2.38 bits per heavy atom. The van der Waals surface area contributed by atoms with E-state index in [1.165, 1.54) is 0 Å². The predicted molar refractivity (Wildman–Crippen MR) is 39.0 cm³/mol. The van der Waals surface area contributed by atoms with E-state index in [0.29, 0.717) is 0 Å². The summed E-state index contributed by atoms with van der Waals surface area (Å²) < 4.78 is 0. The summed E-state index contributed by atoms with van der Waals surface area (Å²) in [7, 11) is 0. The topological polar surface area (TPSA) is 0 Å². The van der Waals surface area contributed by atoms with Crippen LogP contribution in [0.2, 0.25) is 0 Å². The molecule has 0 spiro atoms. The molecule has 0 N–H and O–H groups in total. The molecule has 0 amide bonds. The molecule has 0 aromatic rings. The van der Waals surface area contributed by atoms with E-state index in [0.717, 1.165) is 17.9 Å². The lowest BCUT2D eigenvalue weighted by Gasteiger charge is -1.87. The standard InChI is InChI=1S/C7H11Cl/c1-3-4-5-6-7(2)8/h3-4H,2,5-6H2,1H3/b4-3-. The maximum absolute atomic E-state index is 5.49. The summed E-state index contributed by atoms with van der Waals surface area (Å²) in [6.45, 7) is 5.56. The molecule has 8 heavy (non-hydrogen) atoms. The van der Waals surface area contributed by atoms with Crippen LogP contribution in [0.5, 0.6) is 0 Å². The van der Waals surface area contributed by atoms with Crippen LogP contribution in [0.1, 0.15) is 19.8 Å². The van der Waals surface area contributed by atoms with Crippen LogP contribution in [0.15, 0.2) is 23.8 Å². The van der Waals surface area contributed by atoms with Crippen molar-refractivity contribution in [3.8, 4) is 0 Å². The molecule has 0 aliphatic heterocycles. The van der Waals surface area contributed by atoms with Crippen LogP contribution in [0, 0.1) is 0 Å². The fraction of sp³-hybridized carbons (Fsp3) is 0.429. The molecular weight excluding hydrogens is 120 g/mol. The van der Waals surface area contributed by atoms with Crippen molar-refractivity contribution < 1.29 is 0 Å². The maximum Gasteiger partial charge on any atom is 0.0112 e. The van der Waals surface area contributed by atoms with Crippen molar-refractivity contribution in [1.29, 1.82) is 0 Å². The molecule has 0 saturated heterocycles. The number of rotatable bonds is 3. The van der Waals surface area contributed by atoms with Gasteiger partial charge >= 0.3 is 0 Å². The average molecular weight is 131 g/mol. The zero-order valence-corrected chi connectivity index (χ0v) is 5.91. The molecule has 0 nitrogen and oxygen atoms in total. The first-order valence-electron chi connectivity index (χ1n) is 2.72. The van der Waals surface area contributed by atoms with Gasteiger partial charge in [0, 0.05) is 5.03 Å². The Bertz CT molecular complexity index is 92.6. The molecule has 0 rings (SSSR count). The predicted octanol–water partition coefficient (Wildman–Crippen LogP) is 3.10. The van der Waals surface area contributed by atoms with Gasteiger partial charge in [0.1, 0.15) is 0 Å². The largest absolute Gasteiger partial charge is 0.0917 e. The highest BCUT2D eigenvalue weighted by Crippen LogP contribution is 2.06. The second-order valence-corrected chi connectivity index (χ2v) is 2.16. The second-order valence-electron chi connectivity index (χ2n) is 1.62. The minimum atomic E-state index is 0.739. The molecule has 0 bridgehead atoms. The molecule has 46 valence electrons. The summed E-state index contributed by atoms with van der Waals surface area (Å²) in [5.74, 6) is 0. The van der Waals surface area contributed by atoms with Gasteiger partial charge in [-0.3, -0.25) is 0 Å². The van der Waals surface area contributed by atoms with E-state index in [1.807, 2.05) is 13.0 Å². The number of halogens is 1. The van der Waals surface area contributed by atoms with E-state index in [9.17, 15) is 0 Å². The van der Waals surface area contributed by atoms with Crippen molar-refractivity contribution in [1.82, 2.24) is 0 Å². The summed E-state index contributed by atoms with van der Waals surface area (Å²) >= 11 is 5.49. The SMILES string of the molecule is C=C(Cl)CC/C=C\C. The fourth-order valence-corrected chi connectivity index (χ4v) is 0.516. The van der Waals surface area contributed by atoms with E-state index in [-0.39, 0.29) is 0 Å². The van der Waals surface area contributed by atoms with E-state index >= 15 is 0 Å². The Kier molecular flexibility index (Phi) is 4.78. The fourth-order valence-electron chi connectivity index (χ4n) is 0.407. The van der Waals surface area contributed by atoms with Gasteiger partial charge in [-0.1, -0.05) is 30.3 Å². The Hall–Kier alpha value is -0.230. The molecule has 0 aliphatic carbocycles. The minimum absolute atomic E-state index is 0.739. The van der Waals surface area contributed by atoms with Crippen molar-refractivity contribution in [2.24, 2.45) is 0 Å². The van der Waals surface area contributed by atoms with Gasteiger partial charge in [-0.25, -0.2) is 0 Å². The van der Waals surface area contributed by atoms with Crippen LogP contribution < -0.4 is 0 Å². The zero-order chi connectivity index (χ0) is 6.41. The zero-order valence-electron chi connectivity index (χ0n) is 5.15. The summed E-state index contributed by atoms with van der Waals surface area (Å²) in [6, 6.07) is 0. The molecule has 0 aromatic carbocycles. The van der Waals surface area contributed by atoms with Crippen LogP contribution in [-0.4, -0.2) is 0 Å². The normalized spacial score (nSPS) is 10.2. The Labute approximate surface area is 55.9 Å². The van der Waals surface area contributed by atoms with Crippen LogP contribution in [0.25, 0.3) is 0 Å². The van der Waals surface area contributed by atoms with Crippen LogP contribution in [0.4, 0.5) is 0 Å². The van der Waals surface area contributed by atoms with Crippen molar-refractivity contribution in [3.63, 3.8) is 0 Å². The van der Waals surface area contributed by atoms with Gasteiger partial charge < -0.3 is 0 Å². The lowest BCUT2D eigenvalue weighted by atomic mass is 10.3. The van der Waals surface area contributed by atoms with E-state index in [4.69, 9.17) is 11.6 Å². The van der Waals surface area contributed by atoms with Gasteiger partial charge in [0.15, 0.2) is 0 Å². The lowest BCUT2D eigenvalue weighted by molar-refractivity contribution is 1.03. The van der Waals surface area contributed by atoms with Gasteiger partial charge in [0.25, 0.3) is 0 Å². The highest BCUT2D eigenvalue weighted by atomic mass is 35.5. The molecule has 0 unspecified atom stereocenters.